The minimum atomic E-state index is -0.427. The van der Waals surface area contributed by atoms with Gasteiger partial charge in [-0.05, 0) is 71.0 Å². The van der Waals surface area contributed by atoms with Crippen LogP contribution in [0.1, 0.15) is 11.1 Å². The molecule has 0 bridgehead atoms. The van der Waals surface area contributed by atoms with E-state index in [1.165, 1.54) is 6.20 Å². The molecule has 1 amide bonds. The van der Waals surface area contributed by atoms with Crippen LogP contribution in [0.15, 0.2) is 58.7 Å². The lowest BCUT2D eigenvalue weighted by atomic mass is 10.2. The summed E-state index contributed by atoms with van der Waals surface area (Å²) in [5.74, 6) is -0.427. The quantitative estimate of drug-likeness (QED) is 0.364. The Kier molecular flexibility index (Phi) is 6.82. The molecule has 122 valence electrons. The number of rotatable bonds is 5. The molecular weight excluding hydrogens is 481 g/mol. The van der Waals surface area contributed by atoms with Gasteiger partial charge in [-0.3, -0.25) is 4.79 Å². The molecule has 0 fully saturated rings. The van der Waals surface area contributed by atoms with Crippen LogP contribution in [0.25, 0.3) is 0 Å². The fraction of sp³-hybridized carbons (Fsp3) is 0.111. The molecule has 2 rings (SSSR count). The Labute approximate surface area is 163 Å². The molecule has 0 unspecified atom stereocenters. The molecule has 2 aromatic rings. The van der Waals surface area contributed by atoms with E-state index in [-0.39, 0.29) is 5.57 Å². The topological polar surface area (TPSA) is 64.9 Å². The molecule has 24 heavy (non-hydrogen) atoms. The Bertz CT molecular complexity index is 827. The van der Waals surface area contributed by atoms with Crippen molar-refractivity contribution in [2.24, 2.45) is 0 Å². The van der Waals surface area contributed by atoms with Crippen molar-refractivity contribution in [3.63, 3.8) is 0 Å². The SMILES string of the molecule is Cc1cc(I)ccc1NC(=O)/C(C#N)=C\NCc1cccc(Br)c1. The zero-order valence-corrected chi connectivity index (χ0v) is 16.7. The van der Waals surface area contributed by atoms with Crippen molar-refractivity contribution < 1.29 is 4.79 Å². The van der Waals surface area contributed by atoms with Crippen molar-refractivity contribution in [3.8, 4) is 6.07 Å². The van der Waals surface area contributed by atoms with Crippen molar-refractivity contribution in [2.45, 2.75) is 13.5 Å². The summed E-state index contributed by atoms with van der Waals surface area (Å²) in [5, 5.41) is 15.0. The van der Waals surface area contributed by atoms with Crippen molar-refractivity contribution >= 4 is 50.1 Å². The number of nitriles is 1. The maximum absolute atomic E-state index is 12.2. The van der Waals surface area contributed by atoms with Gasteiger partial charge >= 0.3 is 0 Å². The zero-order valence-electron chi connectivity index (χ0n) is 12.9. The van der Waals surface area contributed by atoms with Gasteiger partial charge < -0.3 is 10.6 Å². The van der Waals surface area contributed by atoms with Crippen molar-refractivity contribution in [3.05, 3.63) is 73.4 Å². The van der Waals surface area contributed by atoms with Gasteiger partial charge in [-0.25, -0.2) is 0 Å². The van der Waals surface area contributed by atoms with E-state index < -0.39 is 5.91 Å². The Morgan fingerprint density at radius 1 is 1.33 bits per heavy atom. The smallest absolute Gasteiger partial charge is 0.267 e. The third-order valence-corrected chi connectivity index (χ3v) is 4.41. The molecular formula is C18H15BrIN3O. The summed E-state index contributed by atoms with van der Waals surface area (Å²) < 4.78 is 2.08. The van der Waals surface area contributed by atoms with Gasteiger partial charge in [0, 0.05) is 26.5 Å². The van der Waals surface area contributed by atoms with E-state index in [0.29, 0.717) is 12.2 Å². The molecule has 0 saturated carbocycles. The second-order valence-electron chi connectivity index (χ2n) is 5.09. The van der Waals surface area contributed by atoms with Gasteiger partial charge in [0.05, 0.1) is 0 Å². The lowest BCUT2D eigenvalue weighted by molar-refractivity contribution is -0.112. The molecule has 2 aromatic carbocycles. The number of aryl methyl sites for hydroxylation is 1. The number of anilines is 1. The number of carbonyl (C=O) groups is 1. The second kappa shape index (κ2) is 8.85. The lowest BCUT2D eigenvalue weighted by Gasteiger charge is -2.08. The maximum Gasteiger partial charge on any atom is 0.267 e. The number of amides is 1. The van der Waals surface area contributed by atoms with Crippen LogP contribution in [0, 0.1) is 21.8 Å². The number of hydrogen-bond donors (Lipinski definition) is 2. The first kappa shape index (κ1) is 18.5. The van der Waals surface area contributed by atoms with E-state index in [1.54, 1.807) is 0 Å². The largest absolute Gasteiger partial charge is 0.386 e. The summed E-state index contributed by atoms with van der Waals surface area (Å²) in [4.78, 5) is 12.2. The van der Waals surface area contributed by atoms with Crippen LogP contribution in [0.4, 0.5) is 5.69 Å². The minimum absolute atomic E-state index is 0.0305. The molecule has 4 nitrogen and oxygen atoms in total. The van der Waals surface area contributed by atoms with Crippen LogP contribution in [0.2, 0.25) is 0 Å². The molecule has 0 aliphatic heterocycles. The molecule has 0 heterocycles. The normalized spacial score (nSPS) is 10.8. The highest BCUT2D eigenvalue weighted by molar-refractivity contribution is 14.1. The molecule has 0 aliphatic rings. The number of nitrogens with zero attached hydrogens (tertiary/aromatic N) is 1. The molecule has 0 aromatic heterocycles. The van der Waals surface area contributed by atoms with Crippen molar-refractivity contribution in [1.82, 2.24) is 5.32 Å². The van der Waals surface area contributed by atoms with Gasteiger partial charge in [0.25, 0.3) is 5.91 Å². The average molecular weight is 496 g/mol. The van der Waals surface area contributed by atoms with E-state index in [9.17, 15) is 10.1 Å². The van der Waals surface area contributed by atoms with Gasteiger partial charge in [-0.15, -0.1) is 0 Å². The van der Waals surface area contributed by atoms with Crippen LogP contribution in [0.5, 0.6) is 0 Å². The molecule has 0 spiro atoms. The maximum atomic E-state index is 12.2. The Morgan fingerprint density at radius 2 is 2.12 bits per heavy atom. The van der Waals surface area contributed by atoms with E-state index >= 15 is 0 Å². The first-order valence-electron chi connectivity index (χ1n) is 7.15. The summed E-state index contributed by atoms with van der Waals surface area (Å²) in [6.45, 7) is 2.44. The second-order valence-corrected chi connectivity index (χ2v) is 7.26. The van der Waals surface area contributed by atoms with Crippen LogP contribution in [-0.4, -0.2) is 5.91 Å². The first-order valence-corrected chi connectivity index (χ1v) is 9.02. The molecule has 0 radical (unpaired) electrons. The number of benzene rings is 2. The number of carbonyl (C=O) groups excluding carboxylic acids is 1. The Morgan fingerprint density at radius 3 is 2.79 bits per heavy atom. The summed E-state index contributed by atoms with van der Waals surface area (Å²) in [6.07, 6.45) is 1.44. The third kappa shape index (κ3) is 5.35. The monoisotopic (exact) mass is 495 g/mol. The van der Waals surface area contributed by atoms with E-state index in [4.69, 9.17) is 0 Å². The number of halogens is 2. The van der Waals surface area contributed by atoms with Gasteiger partial charge in [-0.2, -0.15) is 5.26 Å². The summed E-state index contributed by atoms with van der Waals surface area (Å²) >= 11 is 5.62. The molecule has 0 aliphatic carbocycles. The predicted molar refractivity (Wildman–Crippen MR) is 107 cm³/mol. The number of hydrogen-bond acceptors (Lipinski definition) is 3. The predicted octanol–water partition coefficient (Wildman–Crippen LogP) is 4.50. The van der Waals surface area contributed by atoms with Gasteiger partial charge in [0.2, 0.25) is 0 Å². The third-order valence-electron chi connectivity index (χ3n) is 3.24. The molecule has 6 heteroatoms. The van der Waals surface area contributed by atoms with E-state index in [0.717, 1.165) is 19.2 Å². The van der Waals surface area contributed by atoms with Gasteiger partial charge in [0.15, 0.2) is 0 Å². The minimum Gasteiger partial charge on any atom is -0.386 e. The van der Waals surface area contributed by atoms with E-state index in [2.05, 4.69) is 49.2 Å². The van der Waals surface area contributed by atoms with E-state index in [1.807, 2.05) is 55.5 Å². The summed E-state index contributed by atoms with van der Waals surface area (Å²) in [6, 6.07) is 15.4. The fourth-order valence-electron chi connectivity index (χ4n) is 2.02. The Hall–Kier alpha value is -1.85. The first-order chi connectivity index (χ1) is 11.5. The molecule has 2 N–H and O–H groups in total. The van der Waals surface area contributed by atoms with Crippen LogP contribution in [0.3, 0.4) is 0 Å². The number of nitrogens with one attached hydrogen (secondary N) is 2. The standard InChI is InChI=1S/C18H15BrIN3O/c1-12-7-16(20)5-6-17(12)23-18(24)14(9-21)11-22-10-13-3-2-4-15(19)8-13/h2-8,11,22H,10H2,1H3,(H,23,24)/b14-11-. The highest BCUT2D eigenvalue weighted by Crippen LogP contribution is 2.18. The fourth-order valence-corrected chi connectivity index (χ4v) is 3.12. The average Bonchev–Trinajstić information content (AvgIpc) is 2.54. The van der Waals surface area contributed by atoms with Crippen LogP contribution < -0.4 is 10.6 Å². The summed E-state index contributed by atoms with van der Waals surface area (Å²) in [5.41, 5.74) is 2.73. The highest BCUT2D eigenvalue weighted by Gasteiger charge is 2.10. The lowest BCUT2D eigenvalue weighted by Crippen LogP contribution is -2.17. The van der Waals surface area contributed by atoms with Gasteiger partial charge in [-0.1, -0.05) is 28.1 Å². The molecule has 0 saturated heterocycles. The Balaban J connectivity index is 2.01. The van der Waals surface area contributed by atoms with Crippen LogP contribution in [-0.2, 0) is 11.3 Å². The van der Waals surface area contributed by atoms with Crippen molar-refractivity contribution in [2.75, 3.05) is 5.32 Å². The highest BCUT2D eigenvalue weighted by atomic mass is 127. The summed E-state index contributed by atoms with van der Waals surface area (Å²) in [7, 11) is 0. The zero-order chi connectivity index (χ0) is 17.5. The van der Waals surface area contributed by atoms with Crippen molar-refractivity contribution in [1.29, 1.82) is 5.26 Å². The molecule has 0 atom stereocenters. The van der Waals surface area contributed by atoms with Gasteiger partial charge in [0.1, 0.15) is 11.6 Å². The van der Waals surface area contributed by atoms with Crippen LogP contribution >= 0.6 is 38.5 Å².